The van der Waals surface area contributed by atoms with Gasteiger partial charge in [0, 0.05) is 53.5 Å². The van der Waals surface area contributed by atoms with Gasteiger partial charge in [-0.3, -0.25) is 4.57 Å². The number of hydrogen-bond acceptors (Lipinski definition) is 3. The Morgan fingerprint density at radius 3 is 1.96 bits per heavy atom. The van der Waals surface area contributed by atoms with Gasteiger partial charge in [0.2, 0.25) is 0 Å². The molecule has 50 heavy (non-hydrogen) atoms. The second kappa shape index (κ2) is 12.6. The second-order valence-electron chi connectivity index (χ2n) is 12.3. The highest BCUT2D eigenvalue weighted by Gasteiger charge is 2.24. The van der Waals surface area contributed by atoms with Crippen LogP contribution in [0.2, 0.25) is 0 Å². The number of rotatable bonds is 3. The summed E-state index contributed by atoms with van der Waals surface area (Å²) >= 11 is 1.90. The zero-order valence-corrected chi connectivity index (χ0v) is 28.4. The zero-order chi connectivity index (χ0) is 33.1. The van der Waals surface area contributed by atoms with E-state index >= 15 is 0 Å². The maximum atomic E-state index is 5.35. The molecule has 0 N–H and O–H groups in total. The predicted molar refractivity (Wildman–Crippen MR) is 218 cm³/mol. The summed E-state index contributed by atoms with van der Waals surface area (Å²) < 4.78 is 5.03. The largest absolute Gasteiger partial charge is 0.293 e. The van der Waals surface area contributed by atoms with Crippen LogP contribution in [-0.2, 0) is 0 Å². The van der Waals surface area contributed by atoms with Crippen LogP contribution in [0.3, 0.4) is 0 Å². The molecule has 0 atom stereocenters. The van der Waals surface area contributed by atoms with Gasteiger partial charge in [0.05, 0.1) is 16.7 Å². The van der Waals surface area contributed by atoms with Crippen LogP contribution in [0.5, 0.6) is 0 Å². The molecule has 0 saturated heterocycles. The molecule has 0 amide bonds. The van der Waals surface area contributed by atoms with Gasteiger partial charge in [0.25, 0.3) is 0 Å². The van der Waals surface area contributed by atoms with Gasteiger partial charge in [-0.25, -0.2) is 9.97 Å². The third kappa shape index (κ3) is 4.79. The zero-order valence-electron chi connectivity index (χ0n) is 27.6. The van der Waals surface area contributed by atoms with E-state index in [1.54, 1.807) is 0 Å². The number of fused-ring (bicyclic) bond motifs is 12. The SMILES string of the molecule is C.CC.Cc1ccc2sc3c(c2c1)c1ccccc1c1c3c2c3ccccc3ccc2n1-c1cc(-c2ccccc2)nc(-c2ccccc2)n1. The third-order valence-corrected chi connectivity index (χ3v) is 10.6. The van der Waals surface area contributed by atoms with E-state index in [1.165, 1.54) is 63.6 Å². The van der Waals surface area contributed by atoms with E-state index in [2.05, 4.69) is 133 Å². The minimum Gasteiger partial charge on any atom is -0.293 e. The Hall–Kier alpha value is -5.84. The van der Waals surface area contributed by atoms with Crippen molar-refractivity contribution in [2.45, 2.75) is 28.2 Å². The molecule has 10 rings (SSSR count). The topological polar surface area (TPSA) is 30.7 Å². The van der Waals surface area contributed by atoms with Gasteiger partial charge >= 0.3 is 0 Å². The Balaban J connectivity index is 0.00000118. The molecule has 0 saturated carbocycles. The maximum absolute atomic E-state index is 5.35. The number of thiophene rings is 1. The quantitative estimate of drug-likeness (QED) is 0.188. The van der Waals surface area contributed by atoms with Crippen LogP contribution in [0.15, 0.2) is 146 Å². The molecule has 0 aliphatic heterocycles. The molecule has 3 heterocycles. The lowest BCUT2D eigenvalue weighted by molar-refractivity contribution is 1.05. The third-order valence-electron chi connectivity index (χ3n) is 9.42. The van der Waals surface area contributed by atoms with Gasteiger partial charge in [-0.15, -0.1) is 11.3 Å². The molecule has 0 radical (unpaired) electrons. The summed E-state index contributed by atoms with van der Waals surface area (Å²) in [6.45, 7) is 6.19. The molecule has 0 unspecified atom stereocenters. The molecule has 4 heteroatoms. The summed E-state index contributed by atoms with van der Waals surface area (Å²) in [6.07, 6.45) is 0. The van der Waals surface area contributed by atoms with Gasteiger partial charge in [0.15, 0.2) is 5.82 Å². The molecule has 3 aromatic heterocycles. The van der Waals surface area contributed by atoms with Crippen LogP contribution in [0.1, 0.15) is 26.8 Å². The van der Waals surface area contributed by atoms with E-state index < -0.39 is 0 Å². The highest BCUT2D eigenvalue weighted by molar-refractivity contribution is 7.27. The standard InChI is InChI=1S/C43H27N3S.C2H6.CH4/c1-26-20-23-36-33(24-26)38-31-18-10-11-19-32(31)41-40(42(38)47-36)39-30-17-9-8-12-27(30)21-22-35(39)46(41)37-25-34(28-13-4-2-5-14-28)44-43(45-37)29-15-6-3-7-16-29;1-2;/h2-25H,1H3;1-2H3;1H4. The summed E-state index contributed by atoms with van der Waals surface area (Å²) in [5.74, 6) is 1.56. The van der Waals surface area contributed by atoms with Gasteiger partial charge in [0.1, 0.15) is 5.82 Å². The van der Waals surface area contributed by atoms with Crippen LogP contribution in [0.25, 0.3) is 92.0 Å². The number of hydrogen-bond donors (Lipinski definition) is 0. The van der Waals surface area contributed by atoms with Crippen molar-refractivity contribution in [1.82, 2.24) is 14.5 Å². The number of benzene rings is 7. The van der Waals surface area contributed by atoms with Gasteiger partial charge in [-0.05, 0) is 41.3 Å². The molecule has 0 aliphatic carbocycles. The van der Waals surface area contributed by atoms with E-state index in [9.17, 15) is 0 Å². The monoisotopic (exact) mass is 663 g/mol. The molecule has 3 nitrogen and oxygen atoms in total. The van der Waals surface area contributed by atoms with Crippen molar-refractivity contribution in [3.63, 3.8) is 0 Å². The van der Waals surface area contributed by atoms with Gasteiger partial charge in [-0.2, -0.15) is 0 Å². The molecular weight excluding hydrogens is 627 g/mol. The van der Waals surface area contributed by atoms with Crippen LogP contribution >= 0.6 is 11.3 Å². The van der Waals surface area contributed by atoms with Crippen molar-refractivity contribution in [3.05, 3.63) is 151 Å². The fourth-order valence-corrected chi connectivity index (χ4v) is 8.61. The maximum Gasteiger partial charge on any atom is 0.162 e. The average molecular weight is 664 g/mol. The fourth-order valence-electron chi connectivity index (χ4n) is 7.36. The molecule has 0 bridgehead atoms. The molecular formula is C46H37N3S. The normalized spacial score (nSPS) is 11.3. The lowest BCUT2D eigenvalue weighted by Gasteiger charge is -2.13. The molecule has 7 aromatic carbocycles. The van der Waals surface area contributed by atoms with E-state index in [-0.39, 0.29) is 7.43 Å². The number of aryl methyl sites for hydroxylation is 1. The fraction of sp³-hybridized carbons (Fsp3) is 0.0870. The Labute approximate surface area is 296 Å². The molecule has 0 fully saturated rings. The lowest BCUT2D eigenvalue weighted by atomic mass is 9.97. The minimum absolute atomic E-state index is 0. The first-order valence-corrected chi connectivity index (χ1v) is 17.7. The number of nitrogens with zero attached hydrogens (tertiary/aromatic N) is 3. The first-order chi connectivity index (χ1) is 24.2. The second-order valence-corrected chi connectivity index (χ2v) is 13.3. The molecule has 0 aliphatic rings. The van der Waals surface area contributed by atoms with E-state index in [0.717, 1.165) is 28.2 Å². The highest BCUT2D eigenvalue weighted by Crippen LogP contribution is 2.49. The Kier molecular flexibility index (Phi) is 7.89. The Bertz CT molecular complexity index is 2790. The van der Waals surface area contributed by atoms with E-state index in [1.807, 2.05) is 49.4 Å². The van der Waals surface area contributed by atoms with Crippen molar-refractivity contribution >= 4 is 74.9 Å². The molecule has 10 aromatic rings. The average Bonchev–Trinajstić information content (AvgIpc) is 3.73. The van der Waals surface area contributed by atoms with Crippen LogP contribution < -0.4 is 0 Å². The Morgan fingerprint density at radius 1 is 0.540 bits per heavy atom. The van der Waals surface area contributed by atoms with E-state index in [0.29, 0.717) is 5.82 Å². The number of aromatic nitrogens is 3. The van der Waals surface area contributed by atoms with Crippen LogP contribution in [0.4, 0.5) is 0 Å². The highest BCUT2D eigenvalue weighted by atomic mass is 32.1. The lowest BCUT2D eigenvalue weighted by Crippen LogP contribution is -2.02. The first-order valence-electron chi connectivity index (χ1n) is 16.9. The van der Waals surface area contributed by atoms with Crippen LogP contribution in [0, 0.1) is 6.92 Å². The summed E-state index contributed by atoms with van der Waals surface area (Å²) in [7, 11) is 0. The van der Waals surface area contributed by atoms with Crippen LogP contribution in [-0.4, -0.2) is 14.5 Å². The van der Waals surface area contributed by atoms with Crippen molar-refractivity contribution in [1.29, 1.82) is 0 Å². The summed E-state index contributed by atoms with van der Waals surface area (Å²) in [5, 5.41) is 10.2. The summed E-state index contributed by atoms with van der Waals surface area (Å²) in [4.78, 5) is 10.5. The smallest absolute Gasteiger partial charge is 0.162 e. The minimum atomic E-state index is 0. The molecule has 242 valence electrons. The van der Waals surface area contributed by atoms with Crippen molar-refractivity contribution in [3.8, 4) is 28.5 Å². The summed E-state index contributed by atoms with van der Waals surface area (Å²) in [6, 6.07) is 52.0. The van der Waals surface area contributed by atoms with Crippen molar-refractivity contribution < 1.29 is 0 Å². The predicted octanol–water partition coefficient (Wildman–Crippen LogP) is 13.6. The molecule has 0 spiro atoms. The van der Waals surface area contributed by atoms with E-state index in [4.69, 9.17) is 9.97 Å². The van der Waals surface area contributed by atoms with Crippen molar-refractivity contribution in [2.24, 2.45) is 0 Å². The van der Waals surface area contributed by atoms with Crippen molar-refractivity contribution in [2.75, 3.05) is 0 Å². The summed E-state index contributed by atoms with van der Waals surface area (Å²) in [5.41, 5.74) is 6.54. The van der Waals surface area contributed by atoms with Gasteiger partial charge in [-0.1, -0.05) is 148 Å². The Morgan fingerprint density at radius 2 is 1.20 bits per heavy atom. The van der Waals surface area contributed by atoms with Gasteiger partial charge < -0.3 is 0 Å². The first kappa shape index (κ1) is 31.4.